The molecule has 0 unspecified atom stereocenters. The molecule has 0 saturated carbocycles. The number of hydrogen-bond donors (Lipinski definition) is 1. The van der Waals surface area contributed by atoms with Gasteiger partial charge in [0.15, 0.2) is 5.65 Å². The molecule has 0 fully saturated rings. The predicted molar refractivity (Wildman–Crippen MR) is 74.2 cm³/mol. The second-order valence-electron chi connectivity index (χ2n) is 3.65. The SMILES string of the molecule is O=c1[nH]nc2ccc(Sc3ccc(Cl)cc3Cl)nn12. The summed E-state index contributed by atoms with van der Waals surface area (Å²) < 4.78 is 1.20. The molecule has 0 amide bonds. The van der Waals surface area contributed by atoms with Crippen molar-refractivity contribution < 1.29 is 0 Å². The molecule has 1 N–H and O–H groups in total. The van der Waals surface area contributed by atoms with Crippen LogP contribution in [0.3, 0.4) is 0 Å². The third kappa shape index (κ3) is 2.47. The van der Waals surface area contributed by atoms with E-state index in [9.17, 15) is 4.79 Å². The Morgan fingerprint density at radius 3 is 2.84 bits per heavy atom. The largest absolute Gasteiger partial charge is 0.364 e. The topological polar surface area (TPSA) is 63.0 Å². The van der Waals surface area contributed by atoms with E-state index in [4.69, 9.17) is 23.2 Å². The zero-order valence-electron chi connectivity index (χ0n) is 9.30. The number of halogens is 2. The van der Waals surface area contributed by atoms with Gasteiger partial charge in [0.05, 0.1) is 5.02 Å². The maximum Gasteiger partial charge on any atom is 0.364 e. The third-order valence-electron chi connectivity index (χ3n) is 2.36. The van der Waals surface area contributed by atoms with Gasteiger partial charge in [-0.2, -0.15) is 14.7 Å². The summed E-state index contributed by atoms with van der Waals surface area (Å²) in [5, 5.41) is 12.1. The summed E-state index contributed by atoms with van der Waals surface area (Å²) in [5.41, 5.74) is 0.0937. The molecule has 2 heterocycles. The summed E-state index contributed by atoms with van der Waals surface area (Å²) in [6.45, 7) is 0. The van der Waals surface area contributed by atoms with Crippen molar-refractivity contribution in [3.8, 4) is 0 Å². The van der Waals surface area contributed by atoms with Gasteiger partial charge in [-0.3, -0.25) is 0 Å². The summed E-state index contributed by atoms with van der Waals surface area (Å²) in [4.78, 5) is 12.2. The van der Waals surface area contributed by atoms with Crippen molar-refractivity contribution in [2.24, 2.45) is 0 Å². The van der Waals surface area contributed by atoms with Crippen molar-refractivity contribution in [1.82, 2.24) is 19.8 Å². The highest BCUT2D eigenvalue weighted by atomic mass is 35.5. The van der Waals surface area contributed by atoms with E-state index in [1.807, 2.05) is 0 Å². The van der Waals surface area contributed by atoms with E-state index >= 15 is 0 Å². The van der Waals surface area contributed by atoms with Gasteiger partial charge in [0, 0.05) is 9.92 Å². The monoisotopic (exact) mass is 312 g/mol. The molecule has 8 heteroatoms. The van der Waals surface area contributed by atoms with Crippen LogP contribution in [0.25, 0.3) is 5.65 Å². The highest BCUT2D eigenvalue weighted by molar-refractivity contribution is 7.99. The van der Waals surface area contributed by atoms with Crippen molar-refractivity contribution in [2.75, 3.05) is 0 Å². The molecule has 5 nitrogen and oxygen atoms in total. The Balaban J connectivity index is 2.00. The van der Waals surface area contributed by atoms with Crippen molar-refractivity contribution in [2.45, 2.75) is 9.92 Å². The number of rotatable bonds is 2. The first-order chi connectivity index (χ1) is 9.13. The minimum absolute atomic E-state index is 0.375. The van der Waals surface area contributed by atoms with Gasteiger partial charge < -0.3 is 0 Å². The Bertz CT molecular complexity index is 814. The molecule has 0 aliphatic carbocycles. The Hall–Kier alpha value is -1.50. The fraction of sp³-hybridized carbons (Fsp3) is 0. The maximum atomic E-state index is 11.4. The lowest BCUT2D eigenvalue weighted by molar-refractivity contribution is 0.820. The van der Waals surface area contributed by atoms with Crippen LogP contribution >= 0.6 is 35.0 Å². The minimum atomic E-state index is -0.375. The van der Waals surface area contributed by atoms with E-state index in [-0.39, 0.29) is 5.69 Å². The number of benzene rings is 1. The highest BCUT2D eigenvalue weighted by Gasteiger charge is 2.07. The summed E-state index contributed by atoms with van der Waals surface area (Å²) in [6, 6.07) is 8.69. The van der Waals surface area contributed by atoms with Gasteiger partial charge in [0.25, 0.3) is 0 Å². The van der Waals surface area contributed by atoms with Crippen molar-refractivity contribution >= 4 is 40.6 Å². The van der Waals surface area contributed by atoms with E-state index in [1.165, 1.54) is 16.3 Å². The molecule has 0 radical (unpaired) electrons. The van der Waals surface area contributed by atoms with Crippen LogP contribution in [0, 0.1) is 0 Å². The third-order valence-corrected chi connectivity index (χ3v) is 4.02. The normalized spacial score (nSPS) is 11.1. The van der Waals surface area contributed by atoms with Gasteiger partial charge in [-0.15, -0.1) is 0 Å². The van der Waals surface area contributed by atoms with Crippen molar-refractivity contribution in [3.63, 3.8) is 0 Å². The highest BCUT2D eigenvalue weighted by Crippen LogP contribution is 2.33. The van der Waals surface area contributed by atoms with E-state index in [2.05, 4.69) is 15.3 Å². The Labute approximate surface area is 121 Å². The van der Waals surface area contributed by atoms with Crippen LogP contribution in [0.15, 0.2) is 45.0 Å². The van der Waals surface area contributed by atoms with Crippen LogP contribution < -0.4 is 5.69 Å². The molecule has 0 aliphatic rings. The lowest BCUT2D eigenvalue weighted by Gasteiger charge is -2.03. The minimum Gasteiger partial charge on any atom is -0.244 e. The van der Waals surface area contributed by atoms with Crippen molar-refractivity contribution in [3.05, 3.63) is 50.9 Å². The van der Waals surface area contributed by atoms with E-state index in [1.54, 1.807) is 30.3 Å². The zero-order valence-corrected chi connectivity index (χ0v) is 11.6. The molecule has 0 bridgehead atoms. The Kier molecular flexibility index (Phi) is 3.22. The fourth-order valence-corrected chi connectivity index (χ4v) is 2.81. The van der Waals surface area contributed by atoms with Crippen LogP contribution in [0.2, 0.25) is 10.0 Å². The maximum absolute atomic E-state index is 11.4. The standard InChI is InChI=1S/C11H6Cl2N4OS/c12-6-1-2-8(7(13)5-6)19-10-4-3-9-14-15-11(18)17(9)16-10/h1-5H,(H,15,18). The van der Waals surface area contributed by atoms with Gasteiger partial charge in [0.2, 0.25) is 0 Å². The lowest BCUT2D eigenvalue weighted by atomic mass is 10.4. The first-order valence-electron chi connectivity index (χ1n) is 5.21. The molecule has 2 aromatic heterocycles. The molecular formula is C11H6Cl2N4OS. The second kappa shape index (κ2) is 4.88. The smallest absolute Gasteiger partial charge is 0.244 e. The quantitative estimate of drug-likeness (QED) is 0.790. The number of H-pyrrole nitrogens is 1. The molecule has 96 valence electrons. The molecule has 0 spiro atoms. The molecule has 3 rings (SSSR count). The zero-order chi connectivity index (χ0) is 13.4. The predicted octanol–water partition coefficient (Wildman–Crippen LogP) is 2.88. The number of nitrogens with zero attached hydrogens (tertiary/aromatic N) is 3. The molecule has 0 atom stereocenters. The van der Waals surface area contributed by atoms with Gasteiger partial charge in [0.1, 0.15) is 5.03 Å². The van der Waals surface area contributed by atoms with Gasteiger partial charge >= 0.3 is 5.69 Å². The van der Waals surface area contributed by atoms with E-state index in [0.29, 0.717) is 20.7 Å². The first-order valence-corrected chi connectivity index (χ1v) is 6.78. The molecule has 0 aliphatic heterocycles. The molecule has 3 aromatic rings. The summed E-state index contributed by atoms with van der Waals surface area (Å²) >= 11 is 13.3. The van der Waals surface area contributed by atoms with E-state index in [0.717, 1.165) is 4.90 Å². The van der Waals surface area contributed by atoms with Gasteiger partial charge in [-0.25, -0.2) is 9.89 Å². The summed E-state index contributed by atoms with van der Waals surface area (Å²) in [5.74, 6) is 0. The van der Waals surface area contributed by atoms with Crippen LogP contribution in [-0.4, -0.2) is 19.8 Å². The van der Waals surface area contributed by atoms with Gasteiger partial charge in [-0.1, -0.05) is 35.0 Å². The first kappa shape index (κ1) is 12.5. The molecule has 0 saturated heterocycles. The lowest BCUT2D eigenvalue weighted by Crippen LogP contribution is -2.12. The molecule has 19 heavy (non-hydrogen) atoms. The summed E-state index contributed by atoms with van der Waals surface area (Å²) in [6.07, 6.45) is 0. The fourth-order valence-electron chi connectivity index (χ4n) is 1.51. The van der Waals surface area contributed by atoms with E-state index < -0.39 is 0 Å². The number of nitrogens with one attached hydrogen (secondary N) is 1. The Morgan fingerprint density at radius 2 is 2.05 bits per heavy atom. The van der Waals surface area contributed by atoms with Crippen molar-refractivity contribution in [1.29, 1.82) is 0 Å². The van der Waals surface area contributed by atoms with Gasteiger partial charge in [-0.05, 0) is 30.3 Å². The number of aromatic nitrogens is 4. The average Bonchev–Trinajstić information content (AvgIpc) is 2.75. The summed E-state index contributed by atoms with van der Waals surface area (Å²) in [7, 11) is 0. The van der Waals surface area contributed by atoms with Crippen LogP contribution in [0.4, 0.5) is 0 Å². The Morgan fingerprint density at radius 1 is 1.21 bits per heavy atom. The second-order valence-corrected chi connectivity index (χ2v) is 5.55. The van der Waals surface area contributed by atoms with Crippen LogP contribution in [-0.2, 0) is 0 Å². The molecule has 1 aromatic carbocycles. The molecular weight excluding hydrogens is 307 g/mol. The van der Waals surface area contributed by atoms with Crippen LogP contribution in [0.5, 0.6) is 0 Å². The number of aromatic amines is 1. The van der Waals surface area contributed by atoms with Crippen LogP contribution in [0.1, 0.15) is 0 Å². The average molecular weight is 313 g/mol. The number of fused-ring (bicyclic) bond motifs is 1. The number of hydrogen-bond acceptors (Lipinski definition) is 4.